The highest BCUT2D eigenvalue weighted by Gasteiger charge is 2.05. The Bertz CT molecular complexity index is 113. The first kappa shape index (κ1) is 12.9. The Kier molecular flexibility index (Phi) is 7.23. The second-order valence-electron chi connectivity index (χ2n) is 4.00. The van der Waals surface area contributed by atoms with Crippen molar-refractivity contribution in [3.8, 4) is 0 Å². The van der Waals surface area contributed by atoms with Gasteiger partial charge in [0.15, 0.2) is 0 Å². The fraction of sp³-hybridized carbons (Fsp3) is 1.00. The van der Waals surface area contributed by atoms with Crippen LogP contribution in [0.1, 0.15) is 19.8 Å². The van der Waals surface area contributed by atoms with Gasteiger partial charge in [-0.25, -0.2) is 0 Å². The van der Waals surface area contributed by atoms with E-state index in [1.54, 1.807) is 0 Å². The highest BCUT2D eigenvalue weighted by molar-refractivity contribution is 4.61. The van der Waals surface area contributed by atoms with Crippen LogP contribution in [0.4, 0.5) is 0 Å². The summed E-state index contributed by atoms with van der Waals surface area (Å²) in [6, 6.07) is 0. The van der Waals surface area contributed by atoms with Crippen molar-refractivity contribution in [2.45, 2.75) is 25.9 Å². The zero-order valence-corrected chi connectivity index (χ0v) is 9.80. The van der Waals surface area contributed by atoms with E-state index in [1.807, 2.05) is 0 Å². The van der Waals surface area contributed by atoms with Crippen LogP contribution >= 0.6 is 0 Å². The maximum atomic E-state index is 3.52. The summed E-state index contributed by atoms with van der Waals surface area (Å²) < 4.78 is 0. The van der Waals surface area contributed by atoms with Gasteiger partial charge >= 0.3 is 0 Å². The van der Waals surface area contributed by atoms with Gasteiger partial charge in [0.25, 0.3) is 0 Å². The van der Waals surface area contributed by atoms with Gasteiger partial charge in [0.1, 0.15) is 0 Å². The van der Waals surface area contributed by atoms with Crippen molar-refractivity contribution in [1.29, 1.82) is 0 Å². The Balaban J connectivity index is 3.39. The third kappa shape index (κ3) is 6.99. The molecule has 0 saturated heterocycles. The van der Waals surface area contributed by atoms with E-state index in [2.05, 4.69) is 50.2 Å². The Labute approximate surface area is 83.1 Å². The third-order valence-electron chi connectivity index (χ3n) is 2.17. The average Bonchev–Trinajstić information content (AvgIpc) is 2.03. The highest BCUT2D eigenvalue weighted by atomic mass is 15.2. The fourth-order valence-corrected chi connectivity index (χ4v) is 1.36. The smallest absolute Gasteiger partial charge is 0.0589 e. The molecule has 3 nitrogen and oxygen atoms in total. The number of rotatable bonds is 7. The minimum absolute atomic E-state index is 0.530. The molecule has 1 unspecified atom stereocenters. The van der Waals surface area contributed by atoms with Gasteiger partial charge in [-0.05, 0) is 54.1 Å². The molecule has 0 aliphatic carbocycles. The minimum Gasteiger partial charge on any atom is -0.309 e. The number of nitrogens with one attached hydrogen (secondary N) is 1. The van der Waals surface area contributed by atoms with Crippen molar-refractivity contribution >= 4 is 0 Å². The van der Waals surface area contributed by atoms with Gasteiger partial charge in [-0.3, -0.25) is 4.90 Å². The SMILES string of the molecule is CCC(NCCCN(C)C)N(C)C. The summed E-state index contributed by atoms with van der Waals surface area (Å²) in [7, 11) is 8.47. The molecule has 0 aromatic heterocycles. The fourth-order valence-electron chi connectivity index (χ4n) is 1.36. The molecule has 0 amide bonds. The number of nitrogens with zero attached hydrogens (tertiary/aromatic N) is 2. The lowest BCUT2D eigenvalue weighted by Gasteiger charge is -2.24. The third-order valence-corrected chi connectivity index (χ3v) is 2.17. The summed E-state index contributed by atoms with van der Waals surface area (Å²) in [6.45, 7) is 4.48. The molecule has 0 fully saturated rings. The summed E-state index contributed by atoms with van der Waals surface area (Å²) >= 11 is 0. The van der Waals surface area contributed by atoms with Crippen LogP contribution in [0.3, 0.4) is 0 Å². The van der Waals surface area contributed by atoms with Crippen molar-refractivity contribution in [3.05, 3.63) is 0 Å². The van der Waals surface area contributed by atoms with E-state index < -0.39 is 0 Å². The van der Waals surface area contributed by atoms with E-state index in [0.717, 1.165) is 19.5 Å². The monoisotopic (exact) mass is 187 g/mol. The molecule has 0 radical (unpaired) electrons. The quantitative estimate of drug-likeness (QED) is 0.470. The predicted octanol–water partition coefficient (Wildman–Crippen LogP) is 0.825. The van der Waals surface area contributed by atoms with Crippen molar-refractivity contribution in [2.75, 3.05) is 41.3 Å². The molecule has 0 bridgehead atoms. The second kappa shape index (κ2) is 7.30. The van der Waals surface area contributed by atoms with Gasteiger partial charge in [0.2, 0.25) is 0 Å². The minimum atomic E-state index is 0.530. The van der Waals surface area contributed by atoms with Gasteiger partial charge in [0, 0.05) is 0 Å². The van der Waals surface area contributed by atoms with Gasteiger partial charge < -0.3 is 10.2 Å². The van der Waals surface area contributed by atoms with Crippen LogP contribution in [0.5, 0.6) is 0 Å². The van der Waals surface area contributed by atoms with Gasteiger partial charge in [-0.1, -0.05) is 6.92 Å². The molecule has 0 heterocycles. The molecule has 80 valence electrons. The van der Waals surface area contributed by atoms with E-state index in [9.17, 15) is 0 Å². The lowest BCUT2D eigenvalue weighted by Crippen LogP contribution is -2.41. The lowest BCUT2D eigenvalue weighted by atomic mass is 10.3. The molecule has 1 atom stereocenters. The standard InChI is InChI=1S/C10H25N3/c1-6-10(13(4)5)11-8-7-9-12(2)3/h10-11H,6-9H2,1-5H3. The highest BCUT2D eigenvalue weighted by Crippen LogP contribution is 1.94. The van der Waals surface area contributed by atoms with Crippen LogP contribution < -0.4 is 5.32 Å². The normalized spacial score (nSPS) is 14.1. The van der Waals surface area contributed by atoms with Crippen LogP contribution in [0.25, 0.3) is 0 Å². The molecule has 0 spiro atoms. The molecule has 3 heteroatoms. The molecule has 1 N–H and O–H groups in total. The largest absolute Gasteiger partial charge is 0.309 e. The van der Waals surface area contributed by atoms with Crippen LogP contribution in [-0.2, 0) is 0 Å². The Morgan fingerprint density at radius 1 is 1.15 bits per heavy atom. The molecule has 0 saturated carbocycles. The molecule has 0 aliphatic rings. The summed E-state index contributed by atoms with van der Waals surface area (Å²) in [5.74, 6) is 0. The van der Waals surface area contributed by atoms with Crippen LogP contribution in [0.2, 0.25) is 0 Å². The topological polar surface area (TPSA) is 18.5 Å². The van der Waals surface area contributed by atoms with Gasteiger partial charge in [-0.2, -0.15) is 0 Å². The van der Waals surface area contributed by atoms with Crippen molar-refractivity contribution in [3.63, 3.8) is 0 Å². The summed E-state index contributed by atoms with van der Waals surface area (Å²) in [6.07, 6.45) is 2.91. The van der Waals surface area contributed by atoms with E-state index in [0.29, 0.717) is 6.17 Å². The second-order valence-corrected chi connectivity index (χ2v) is 4.00. The van der Waals surface area contributed by atoms with Gasteiger partial charge in [-0.15, -0.1) is 0 Å². The van der Waals surface area contributed by atoms with E-state index in [-0.39, 0.29) is 0 Å². The molecule has 0 aromatic rings. The Morgan fingerprint density at radius 2 is 1.77 bits per heavy atom. The summed E-state index contributed by atoms with van der Waals surface area (Å²) in [5, 5.41) is 3.52. The first-order valence-electron chi connectivity index (χ1n) is 5.12. The summed E-state index contributed by atoms with van der Waals surface area (Å²) in [5.41, 5.74) is 0. The molecule has 13 heavy (non-hydrogen) atoms. The molecular formula is C10H25N3. The predicted molar refractivity (Wildman–Crippen MR) is 58.9 cm³/mol. The molecule has 0 rings (SSSR count). The van der Waals surface area contributed by atoms with E-state index in [1.165, 1.54) is 6.42 Å². The van der Waals surface area contributed by atoms with Crippen molar-refractivity contribution in [1.82, 2.24) is 15.1 Å². The maximum Gasteiger partial charge on any atom is 0.0589 e. The maximum absolute atomic E-state index is 3.52. The zero-order valence-electron chi connectivity index (χ0n) is 9.80. The van der Waals surface area contributed by atoms with Crippen LogP contribution in [0.15, 0.2) is 0 Å². The molecular weight excluding hydrogens is 162 g/mol. The number of hydrogen-bond acceptors (Lipinski definition) is 3. The van der Waals surface area contributed by atoms with Crippen LogP contribution in [-0.4, -0.2) is 57.2 Å². The van der Waals surface area contributed by atoms with Crippen molar-refractivity contribution in [2.24, 2.45) is 0 Å². The Hall–Kier alpha value is -0.120. The average molecular weight is 187 g/mol. The first-order valence-corrected chi connectivity index (χ1v) is 5.12. The zero-order chi connectivity index (χ0) is 10.3. The number of hydrogen-bond donors (Lipinski definition) is 1. The summed E-state index contributed by atoms with van der Waals surface area (Å²) in [4.78, 5) is 4.45. The van der Waals surface area contributed by atoms with Gasteiger partial charge in [0.05, 0.1) is 6.17 Å². The van der Waals surface area contributed by atoms with Crippen LogP contribution in [0, 0.1) is 0 Å². The lowest BCUT2D eigenvalue weighted by molar-refractivity contribution is 0.235. The molecule has 0 aromatic carbocycles. The Morgan fingerprint density at radius 3 is 2.15 bits per heavy atom. The van der Waals surface area contributed by atoms with E-state index in [4.69, 9.17) is 0 Å². The van der Waals surface area contributed by atoms with Crippen molar-refractivity contribution < 1.29 is 0 Å². The first-order chi connectivity index (χ1) is 6.07. The van der Waals surface area contributed by atoms with E-state index >= 15 is 0 Å². The molecule has 0 aliphatic heterocycles.